The van der Waals surface area contributed by atoms with Crippen LogP contribution in [0.2, 0.25) is 0 Å². The van der Waals surface area contributed by atoms with Crippen LogP contribution in [-0.4, -0.2) is 34.6 Å². The van der Waals surface area contributed by atoms with Crippen LogP contribution in [0.25, 0.3) is 5.76 Å². The van der Waals surface area contributed by atoms with Gasteiger partial charge in [0.05, 0.1) is 29.0 Å². The minimum absolute atomic E-state index is 0.0732. The molecule has 146 valence electrons. The lowest BCUT2D eigenvalue weighted by Crippen LogP contribution is -2.17. The summed E-state index contributed by atoms with van der Waals surface area (Å²) in [6.45, 7) is 1.50. The van der Waals surface area contributed by atoms with Crippen molar-refractivity contribution in [2.45, 2.75) is 16.7 Å². The number of nitriles is 1. The Labute approximate surface area is 165 Å². The number of hydrogen-bond donors (Lipinski definition) is 2. The van der Waals surface area contributed by atoms with Crippen LogP contribution in [0.15, 0.2) is 68.8 Å². The molecule has 2 aromatic heterocycles. The number of rotatable bonds is 5. The zero-order chi connectivity index (χ0) is 21.0. The normalized spacial score (nSPS) is 12.0. The van der Waals surface area contributed by atoms with Crippen molar-refractivity contribution in [3.63, 3.8) is 0 Å². The molecule has 0 spiro atoms. The van der Waals surface area contributed by atoms with E-state index in [4.69, 9.17) is 4.52 Å². The molecule has 0 aliphatic rings. The number of carbonyl (C=O) groups is 1. The van der Waals surface area contributed by atoms with E-state index in [0.29, 0.717) is 0 Å². The Hall–Kier alpha value is -4.04. The highest BCUT2D eigenvalue weighted by Gasteiger charge is 2.22. The molecule has 3 rings (SSSR count). The van der Waals surface area contributed by atoms with Crippen LogP contribution >= 0.6 is 0 Å². The number of amides is 1. The molecule has 0 unspecified atom stereocenters. The van der Waals surface area contributed by atoms with Crippen LogP contribution in [0, 0.1) is 18.3 Å². The standard InChI is InChI=1S/C18H13N5O5S/c1-11-15(10-22-28-11)16(24)14(7-19)17(25)23-18-20-8-13(9-21-18)29(26,27)12-5-3-2-4-6-12/h2-6,8-10,24H,1H3,(H,20,21,23,25)/b16-14-. The molecular weight excluding hydrogens is 398 g/mol. The fourth-order valence-corrected chi connectivity index (χ4v) is 3.46. The maximum Gasteiger partial charge on any atom is 0.272 e. The first kappa shape index (κ1) is 19.7. The van der Waals surface area contributed by atoms with Crippen LogP contribution in [0.3, 0.4) is 0 Å². The van der Waals surface area contributed by atoms with Gasteiger partial charge in [0.2, 0.25) is 15.8 Å². The van der Waals surface area contributed by atoms with Gasteiger partial charge in [-0.3, -0.25) is 10.1 Å². The lowest BCUT2D eigenvalue weighted by atomic mass is 10.1. The second-order valence-electron chi connectivity index (χ2n) is 5.64. The summed E-state index contributed by atoms with van der Waals surface area (Å²) in [7, 11) is -3.81. The van der Waals surface area contributed by atoms with E-state index >= 15 is 0 Å². The Morgan fingerprint density at radius 3 is 2.34 bits per heavy atom. The predicted molar refractivity (Wildman–Crippen MR) is 99.0 cm³/mol. The summed E-state index contributed by atoms with van der Waals surface area (Å²) in [5, 5.41) is 25.1. The quantitative estimate of drug-likeness (QED) is 0.364. The van der Waals surface area contributed by atoms with E-state index in [1.807, 2.05) is 0 Å². The first-order valence-electron chi connectivity index (χ1n) is 8.03. The van der Waals surface area contributed by atoms with Gasteiger partial charge in [-0.25, -0.2) is 18.4 Å². The van der Waals surface area contributed by atoms with E-state index in [0.717, 1.165) is 18.6 Å². The fourth-order valence-electron chi connectivity index (χ4n) is 2.29. The molecule has 2 N–H and O–H groups in total. The number of nitrogens with zero attached hydrogens (tertiary/aromatic N) is 4. The Balaban J connectivity index is 1.84. The molecular formula is C18H13N5O5S. The molecule has 0 fully saturated rings. The molecule has 0 aliphatic heterocycles. The van der Waals surface area contributed by atoms with Crippen LogP contribution in [0.4, 0.5) is 5.95 Å². The van der Waals surface area contributed by atoms with Gasteiger partial charge >= 0.3 is 0 Å². The minimum Gasteiger partial charge on any atom is -0.506 e. The van der Waals surface area contributed by atoms with E-state index in [9.17, 15) is 23.6 Å². The molecule has 3 aromatic rings. The summed E-state index contributed by atoms with van der Waals surface area (Å²) in [5.74, 6) is -1.63. The molecule has 0 atom stereocenters. The zero-order valence-corrected chi connectivity index (χ0v) is 15.7. The number of nitrogens with one attached hydrogen (secondary N) is 1. The minimum atomic E-state index is -3.81. The number of aromatic nitrogens is 3. The lowest BCUT2D eigenvalue weighted by molar-refractivity contribution is -0.112. The van der Waals surface area contributed by atoms with Gasteiger partial charge in [-0.05, 0) is 19.1 Å². The Kier molecular flexibility index (Phi) is 5.38. The Morgan fingerprint density at radius 2 is 1.79 bits per heavy atom. The van der Waals surface area contributed by atoms with Crippen molar-refractivity contribution >= 4 is 27.5 Å². The van der Waals surface area contributed by atoms with Gasteiger partial charge in [0.25, 0.3) is 5.91 Å². The monoisotopic (exact) mass is 411 g/mol. The Morgan fingerprint density at radius 1 is 1.14 bits per heavy atom. The summed E-state index contributed by atoms with van der Waals surface area (Å²) in [4.78, 5) is 19.8. The molecule has 0 bridgehead atoms. The van der Waals surface area contributed by atoms with Crippen molar-refractivity contribution in [2.75, 3.05) is 5.32 Å². The number of aryl methyl sites for hydroxylation is 1. The third kappa shape index (κ3) is 3.97. The van der Waals surface area contributed by atoms with E-state index in [2.05, 4.69) is 20.4 Å². The van der Waals surface area contributed by atoms with Crippen molar-refractivity contribution < 1.29 is 22.8 Å². The van der Waals surface area contributed by atoms with E-state index in [1.165, 1.54) is 19.1 Å². The summed E-state index contributed by atoms with van der Waals surface area (Å²) in [5.41, 5.74) is -0.525. The SMILES string of the molecule is Cc1oncc1/C(O)=C(\C#N)C(=O)Nc1ncc(S(=O)(=O)c2ccccc2)cn1. The molecule has 29 heavy (non-hydrogen) atoms. The van der Waals surface area contributed by atoms with Gasteiger partial charge in [-0.2, -0.15) is 5.26 Å². The molecule has 10 nitrogen and oxygen atoms in total. The highest BCUT2D eigenvalue weighted by molar-refractivity contribution is 7.91. The van der Waals surface area contributed by atoms with Gasteiger partial charge in [0.1, 0.15) is 16.7 Å². The maximum atomic E-state index is 12.5. The van der Waals surface area contributed by atoms with Gasteiger partial charge in [0.15, 0.2) is 11.3 Å². The van der Waals surface area contributed by atoms with Crippen LogP contribution in [-0.2, 0) is 14.6 Å². The summed E-state index contributed by atoms with van der Waals surface area (Å²) >= 11 is 0. The van der Waals surface area contributed by atoms with Gasteiger partial charge < -0.3 is 9.63 Å². The molecule has 11 heteroatoms. The second kappa shape index (κ2) is 7.91. The number of sulfone groups is 1. The van der Waals surface area contributed by atoms with Crippen molar-refractivity contribution in [3.8, 4) is 6.07 Å². The average Bonchev–Trinajstić information content (AvgIpc) is 3.15. The molecule has 0 radical (unpaired) electrons. The van der Waals surface area contributed by atoms with Crippen molar-refractivity contribution in [1.82, 2.24) is 15.1 Å². The number of aliphatic hydroxyl groups excluding tert-OH is 1. The van der Waals surface area contributed by atoms with E-state index in [1.54, 1.807) is 24.3 Å². The van der Waals surface area contributed by atoms with Crippen molar-refractivity contribution in [2.24, 2.45) is 0 Å². The zero-order valence-electron chi connectivity index (χ0n) is 14.9. The molecule has 0 saturated heterocycles. The summed E-state index contributed by atoms with van der Waals surface area (Å²) in [6.07, 6.45) is 3.23. The first-order valence-corrected chi connectivity index (χ1v) is 9.51. The second-order valence-corrected chi connectivity index (χ2v) is 7.59. The summed E-state index contributed by atoms with van der Waals surface area (Å²) < 4.78 is 29.8. The highest BCUT2D eigenvalue weighted by Crippen LogP contribution is 2.21. The first-order chi connectivity index (χ1) is 13.8. The summed E-state index contributed by atoms with van der Waals surface area (Å²) in [6, 6.07) is 9.32. The third-order valence-electron chi connectivity index (χ3n) is 3.80. The van der Waals surface area contributed by atoms with Gasteiger partial charge in [0, 0.05) is 0 Å². The largest absolute Gasteiger partial charge is 0.506 e. The smallest absolute Gasteiger partial charge is 0.272 e. The number of benzene rings is 1. The van der Waals surface area contributed by atoms with Crippen molar-refractivity contribution in [3.05, 3.63) is 65.8 Å². The van der Waals surface area contributed by atoms with E-state index in [-0.39, 0.29) is 27.1 Å². The number of carbonyl (C=O) groups excluding carboxylic acids is 1. The third-order valence-corrected chi connectivity index (χ3v) is 5.52. The topological polar surface area (TPSA) is 159 Å². The highest BCUT2D eigenvalue weighted by atomic mass is 32.2. The lowest BCUT2D eigenvalue weighted by Gasteiger charge is -2.06. The molecule has 0 saturated carbocycles. The Bertz CT molecular complexity index is 1230. The maximum absolute atomic E-state index is 12.5. The average molecular weight is 411 g/mol. The van der Waals surface area contributed by atoms with Crippen LogP contribution in [0.5, 0.6) is 0 Å². The molecule has 2 heterocycles. The molecule has 0 aliphatic carbocycles. The predicted octanol–water partition coefficient (Wildman–Crippen LogP) is 2.04. The number of hydrogen-bond acceptors (Lipinski definition) is 9. The number of aliphatic hydroxyl groups is 1. The fraction of sp³-hybridized carbons (Fsp3) is 0.0556. The van der Waals surface area contributed by atoms with Gasteiger partial charge in [-0.15, -0.1) is 0 Å². The van der Waals surface area contributed by atoms with Crippen LogP contribution in [0.1, 0.15) is 11.3 Å². The number of anilines is 1. The van der Waals surface area contributed by atoms with Gasteiger partial charge in [-0.1, -0.05) is 23.4 Å². The van der Waals surface area contributed by atoms with Crippen LogP contribution < -0.4 is 5.32 Å². The molecule has 1 amide bonds. The van der Waals surface area contributed by atoms with Crippen molar-refractivity contribution in [1.29, 1.82) is 5.26 Å². The molecule has 1 aromatic carbocycles. The van der Waals surface area contributed by atoms with E-state index < -0.39 is 27.1 Å².